The summed E-state index contributed by atoms with van der Waals surface area (Å²) in [6, 6.07) is 0.420. The van der Waals surface area contributed by atoms with Crippen LogP contribution in [0.3, 0.4) is 0 Å². The summed E-state index contributed by atoms with van der Waals surface area (Å²) in [6.07, 6.45) is 3.42. The number of rotatable bonds is 7. The van der Waals surface area contributed by atoms with E-state index in [1.807, 2.05) is 6.92 Å². The van der Waals surface area contributed by atoms with Crippen LogP contribution in [0.1, 0.15) is 26.7 Å². The minimum atomic E-state index is -3.04. The lowest BCUT2D eigenvalue weighted by atomic mass is 10.1. The molecule has 2 unspecified atom stereocenters. The molecule has 1 fully saturated rings. The standard InChI is InChI=1S/C11H24N2O3S/c1-4-13(17(3,14)15)8-5-7-12-11-6-9-16-10(11)2/h10-12H,4-9H2,1-3H3. The van der Waals surface area contributed by atoms with Crippen molar-refractivity contribution in [1.29, 1.82) is 0 Å². The van der Waals surface area contributed by atoms with Gasteiger partial charge < -0.3 is 10.1 Å². The molecule has 17 heavy (non-hydrogen) atoms. The van der Waals surface area contributed by atoms with Crippen molar-refractivity contribution in [2.75, 3.05) is 32.5 Å². The van der Waals surface area contributed by atoms with Crippen LogP contribution < -0.4 is 5.32 Å². The molecule has 0 aromatic rings. The molecule has 0 saturated carbocycles. The van der Waals surface area contributed by atoms with Crippen molar-refractivity contribution in [3.8, 4) is 0 Å². The van der Waals surface area contributed by atoms with Crippen LogP contribution in [0.25, 0.3) is 0 Å². The lowest BCUT2D eigenvalue weighted by Gasteiger charge is -2.19. The van der Waals surface area contributed by atoms with Gasteiger partial charge in [0.25, 0.3) is 0 Å². The van der Waals surface area contributed by atoms with Gasteiger partial charge in [0.15, 0.2) is 0 Å². The number of hydrogen-bond acceptors (Lipinski definition) is 4. The first-order chi connectivity index (χ1) is 7.95. The summed E-state index contributed by atoms with van der Waals surface area (Å²) >= 11 is 0. The molecule has 2 atom stereocenters. The maximum absolute atomic E-state index is 11.4. The fourth-order valence-corrected chi connectivity index (χ4v) is 3.03. The van der Waals surface area contributed by atoms with Gasteiger partial charge in [-0.1, -0.05) is 6.92 Å². The Morgan fingerprint density at radius 3 is 2.65 bits per heavy atom. The molecule has 0 radical (unpaired) electrons. The first-order valence-corrected chi connectivity index (χ1v) is 8.10. The summed E-state index contributed by atoms with van der Waals surface area (Å²) in [4.78, 5) is 0. The average molecular weight is 264 g/mol. The van der Waals surface area contributed by atoms with Gasteiger partial charge in [-0.15, -0.1) is 0 Å². The lowest BCUT2D eigenvalue weighted by molar-refractivity contribution is 0.113. The van der Waals surface area contributed by atoms with E-state index < -0.39 is 10.0 Å². The van der Waals surface area contributed by atoms with Crippen molar-refractivity contribution in [3.05, 3.63) is 0 Å². The number of sulfonamides is 1. The smallest absolute Gasteiger partial charge is 0.211 e. The largest absolute Gasteiger partial charge is 0.377 e. The Balaban J connectivity index is 2.19. The second-order valence-corrected chi connectivity index (χ2v) is 6.52. The third-order valence-corrected chi connectivity index (χ3v) is 4.57. The summed E-state index contributed by atoms with van der Waals surface area (Å²) in [7, 11) is -3.04. The molecule has 5 nitrogen and oxygen atoms in total. The summed E-state index contributed by atoms with van der Waals surface area (Å²) in [6.45, 7) is 6.72. The minimum absolute atomic E-state index is 0.271. The second kappa shape index (κ2) is 6.68. The van der Waals surface area contributed by atoms with Crippen molar-refractivity contribution < 1.29 is 13.2 Å². The van der Waals surface area contributed by atoms with E-state index in [0.29, 0.717) is 19.1 Å². The first kappa shape index (κ1) is 14.9. The number of nitrogens with one attached hydrogen (secondary N) is 1. The van der Waals surface area contributed by atoms with Gasteiger partial charge >= 0.3 is 0 Å². The molecule has 1 aliphatic rings. The molecule has 1 rings (SSSR count). The van der Waals surface area contributed by atoms with Gasteiger partial charge in [-0.2, -0.15) is 0 Å². The number of nitrogens with zero attached hydrogens (tertiary/aromatic N) is 1. The van der Waals surface area contributed by atoms with Gasteiger partial charge in [0, 0.05) is 25.7 Å². The average Bonchev–Trinajstić information content (AvgIpc) is 2.62. The molecule has 0 aromatic carbocycles. The Morgan fingerprint density at radius 1 is 1.47 bits per heavy atom. The van der Waals surface area contributed by atoms with Gasteiger partial charge in [0.1, 0.15) is 0 Å². The summed E-state index contributed by atoms with van der Waals surface area (Å²) in [5, 5.41) is 3.42. The zero-order valence-corrected chi connectivity index (χ0v) is 11.8. The maximum Gasteiger partial charge on any atom is 0.211 e. The molecular weight excluding hydrogens is 240 g/mol. The molecule has 1 aliphatic heterocycles. The van der Waals surface area contributed by atoms with Crippen molar-refractivity contribution in [2.24, 2.45) is 0 Å². The van der Waals surface area contributed by atoms with Crippen LogP contribution in [-0.4, -0.2) is 57.4 Å². The molecule has 102 valence electrons. The highest BCUT2D eigenvalue weighted by molar-refractivity contribution is 7.88. The highest BCUT2D eigenvalue weighted by Crippen LogP contribution is 2.12. The van der Waals surface area contributed by atoms with Crippen molar-refractivity contribution in [1.82, 2.24) is 9.62 Å². The van der Waals surface area contributed by atoms with Gasteiger partial charge in [-0.25, -0.2) is 12.7 Å². The summed E-state index contributed by atoms with van der Waals surface area (Å²) in [5.74, 6) is 0. The van der Waals surface area contributed by atoms with Crippen LogP contribution in [0.4, 0.5) is 0 Å². The van der Waals surface area contributed by atoms with E-state index in [9.17, 15) is 8.42 Å². The first-order valence-electron chi connectivity index (χ1n) is 6.25. The van der Waals surface area contributed by atoms with E-state index >= 15 is 0 Å². The van der Waals surface area contributed by atoms with Crippen LogP contribution in [-0.2, 0) is 14.8 Å². The molecule has 0 aliphatic carbocycles. The Labute approximate surface area is 105 Å². The molecule has 0 bridgehead atoms. The third-order valence-electron chi connectivity index (χ3n) is 3.19. The van der Waals surface area contributed by atoms with E-state index in [2.05, 4.69) is 12.2 Å². The third kappa shape index (κ3) is 4.91. The summed E-state index contributed by atoms with van der Waals surface area (Å²) < 4.78 is 29.7. The highest BCUT2D eigenvalue weighted by atomic mass is 32.2. The molecule has 0 amide bonds. The number of ether oxygens (including phenoxy) is 1. The predicted molar refractivity (Wildman–Crippen MR) is 68.5 cm³/mol. The minimum Gasteiger partial charge on any atom is -0.377 e. The Hall–Kier alpha value is -0.170. The molecule has 0 spiro atoms. The van der Waals surface area contributed by atoms with Crippen molar-refractivity contribution in [3.63, 3.8) is 0 Å². The van der Waals surface area contributed by atoms with Gasteiger partial charge in [-0.05, 0) is 26.3 Å². The van der Waals surface area contributed by atoms with E-state index in [4.69, 9.17) is 4.74 Å². The molecule has 1 saturated heterocycles. The quantitative estimate of drug-likeness (QED) is 0.677. The van der Waals surface area contributed by atoms with Crippen molar-refractivity contribution >= 4 is 10.0 Å². The fourth-order valence-electron chi connectivity index (χ4n) is 2.10. The van der Waals surface area contributed by atoms with Gasteiger partial charge in [0.2, 0.25) is 10.0 Å². The molecule has 0 aromatic heterocycles. The van der Waals surface area contributed by atoms with E-state index in [0.717, 1.165) is 26.0 Å². The molecule has 6 heteroatoms. The molecule has 1 heterocycles. The summed E-state index contributed by atoms with van der Waals surface area (Å²) in [5.41, 5.74) is 0. The normalized spacial score (nSPS) is 25.6. The molecular formula is C11H24N2O3S. The van der Waals surface area contributed by atoms with Crippen LogP contribution >= 0.6 is 0 Å². The topological polar surface area (TPSA) is 58.6 Å². The van der Waals surface area contributed by atoms with Crippen LogP contribution in [0, 0.1) is 0 Å². The monoisotopic (exact) mass is 264 g/mol. The van der Waals surface area contributed by atoms with Gasteiger partial charge in [0.05, 0.1) is 12.4 Å². The Kier molecular flexibility index (Phi) is 5.85. The van der Waals surface area contributed by atoms with Crippen LogP contribution in [0.2, 0.25) is 0 Å². The van der Waals surface area contributed by atoms with Crippen molar-refractivity contribution in [2.45, 2.75) is 38.8 Å². The van der Waals surface area contributed by atoms with E-state index in [1.54, 1.807) is 0 Å². The zero-order chi connectivity index (χ0) is 12.9. The second-order valence-electron chi connectivity index (χ2n) is 4.53. The van der Waals surface area contributed by atoms with Crippen LogP contribution in [0.15, 0.2) is 0 Å². The molecule has 1 N–H and O–H groups in total. The lowest BCUT2D eigenvalue weighted by Crippen LogP contribution is -2.37. The highest BCUT2D eigenvalue weighted by Gasteiger charge is 2.23. The number of hydrogen-bond donors (Lipinski definition) is 1. The SMILES string of the molecule is CCN(CCCNC1CCOC1C)S(C)(=O)=O. The fraction of sp³-hybridized carbons (Fsp3) is 1.00. The Bertz CT molecular complexity index is 319. The maximum atomic E-state index is 11.4. The Morgan fingerprint density at radius 2 is 2.18 bits per heavy atom. The van der Waals surface area contributed by atoms with E-state index in [-0.39, 0.29) is 6.10 Å². The predicted octanol–water partition coefficient (Wildman–Crippen LogP) is 0.425. The van der Waals surface area contributed by atoms with Gasteiger partial charge in [-0.3, -0.25) is 0 Å². The van der Waals surface area contributed by atoms with E-state index in [1.165, 1.54) is 10.6 Å². The zero-order valence-electron chi connectivity index (χ0n) is 11.0. The van der Waals surface area contributed by atoms with Crippen LogP contribution in [0.5, 0.6) is 0 Å².